The number of piperidine rings is 1. The molecule has 5 heteroatoms. The number of hydrogen-bond acceptors (Lipinski definition) is 4. The summed E-state index contributed by atoms with van der Waals surface area (Å²) in [5, 5.41) is 0. The van der Waals surface area contributed by atoms with Crippen LogP contribution in [0.3, 0.4) is 0 Å². The summed E-state index contributed by atoms with van der Waals surface area (Å²) in [6.07, 6.45) is 4.43. The van der Waals surface area contributed by atoms with Crippen LogP contribution in [0.4, 0.5) is 4.79 Å². The molecule has 0 spiro atoms. The molecule has 2 fully saturated rings. The molecule has 2 saturated heterocycles. The van der Waals surface area contributed by atoms with Gasteiger partial charge in [-0.05, 0) is 66.5 Å². The predicted octanol–water partition coefficient (Wildman–Crippen LogP) is 6.61. The zero-order valence-electron chi connectivity index (χ0n) is 21.1. The van der Waals surface area contributed by atoms with Gasteiger partial charge in [0.2, 0.25) is 0 Å². The fourth-order valence-electron chi connectivity index (χ4n) is 6.56. The number of benzene rings is 3. The van der Waals surface area contributed by atoms with Gasteiger partial charge in [-0.15, -0.1) is 0 Å². The van der Waals surface area contributed by atoms with Crippen molar-refractivity contribution in [3.8, 4) is 16.9 Å². The Morgan fingerprint density at radius 1 is 0.784 bits per heavy atom. The van der Waals surface area contributed by atoms with Crippen LogP contribution >= 0.6 is 0 Å². The van der Waals surface area contributed by atoms with Crippen LogP contribution in [0.2, 0.25) is 0 Å². The second-order valence-electron chi connectivity index (χ2n) is 10.5. The second kappa shape index (κ2) is 10.4. The summed E-state index contributed by atoms with van der Waals surface area (Å²) in [6.45, 7) is 0.883. The first-order valence-corrected chi connectivity index (χ1v) is 13.5. The molecule has 2 unspecified atom stereocenters. The maximum Gasteiger partial charge on any atom is 0.410 e. The molecular weight excluding hydrogens is 462 g/mol. The van der Waals surface area contributed by atoms with Crippen molar-refractivity contribution >= 4 is 11.9 Å². The first-order valence-electron chi connectivity index (χ1n) is 13.5. The average Bonchev–Trinajstić information content (AvgIpc) is 3.40. The number of para-hydroxylation sites is 1. The predicted molar refractivity (Wildman–Crippen MR) is 143 cm³/mol. The van der Waals surface area contributed by atoms with Gasteiger partial charge in [-0.25, -0.2) is 4.79 Å². The van der Waals surface area contributed by atoms with E-state index in [2.05, 4.69) is 48.5 Å². The molecule has 6 rings (SSSR count). The molecule has 0 aromatic heterocycles. The first-order chi connectivity index (χ1) is 18.2. The number of amides is 1. The summed E-state index contributed by atoms with van der Waals surface area (Å²) in [5.41, 5.74) is 4.90. The number of carbonyl (C=O) groups is 2. The van der Waals surface area contributed by atoms with Gasteiger partial charge in [0.15, 0.2) is 0 Å². The highest BCUT2D eigenvalue weighted by Crippen LogP contribution is 2.45. The highest BCUT2D eigenvalue weighted by Gasteiger charge is 2.45. The highest BCUT2D eigenvalue weighted by atomic mass is 16.6. The lowest BCUT2D eigenvalue weighted by atomic mass is 9.86. The van der Waals surface area contributed by atoms with E-state index in [4.69, 9.17) is 9.47 Å². The Bertz CT molecular complexity index is 1210. The quantitative estimate of drug-likeness (QED) is 0.330. The number of fused-ring (bicyclic) bond motifs is 5. The van der Waals surface area contributed by atoms with Gasteiger partial charge >= 0.3 is 6.09 Å². The topological polar surface area (TPSA) is 55.8 Å². The van der Waals surface area contributed by atoms with Crippen molar-refractivity contribution in [1.29, 1.82) is 0 Å². The van der Waals surface area contributed by atoms with E-state index >= 15 is 0 Å². The normalized spacial score (nSPS) is 21.8. The minimum atomic E-state index is -0.225. The third-order valence-electron chi connectivity index (χ3n) is 8.31. The van der Waals surface area contributed by atoms with Crippen LogP contribution in [0.1, 0.15) is 55.6 Å². The fourth-order valence-corrected chi connectivity index (χ4v) is 6.56. The van der Waals surface area contributed by atoms with E-state index in [0.717, 1.165) is 37.9 Å². The number of carbonyl (C=O) groups excluding carboxylic acids is 2. The van der Waals surface area contributed by atoms with Crippen molar-refractivity contribution in [2.75, 3.05) is 13.2 Å². The van der Waals surface area contributed by atoms with Crippen molar-refractivity contribution < 1.29 is 19.1 Å². The Balaban J connectivity index is 1.02. The lowest BCUT2D eigenvalue weighted by molar-refractivity contribution is -0.125. The molecule has 2 aliphatic heterocycles. The van der Waals surface area contributed by atoms with Crippen LogP contribution in [0.15, 0.2) is 78.9 Å². The van der Waals surface area contributed by atoms with E-state index in [1.54, 1.807) is 0 Å². The standard InChI is InChI=1S/C32H33NO4/c34-31(15-8-18-36-25-9-2-1-3-10-25)22-19-23-16-17-24(20-22)33(23)32(35)37-21-30-28-13-6-4-11-26(28)27-12-5-7-14-29(27)30/h1-7,9-14,22-24,30H,8,15-21H2. The monoisotopic (exact) mass is 495 g/mol. The zero-order valence-corrected chi connectivity index (χ0v) is 21.1. The highest BCUT2D eigenvalue weighted by molar-refractivity contribution is 5.82. The van der Waals surface area contributed by atoms with Gasteiger partial charge in [0.25, 0.3) is 0 Å². The Labute approximate surface area is 218 Å². The molecule has 190 valence electrons. The van der Waals surface area contributed by atoms with Crippen molar-refractivity contribution in [1.82, 2.24) is 4.90 Å². The van der Waals surface area contributed by atoms with Crippen LogP contribution < -0.4 is 4.74 Å². The lowest BCUT2D eigenvalue weighted by Crippen LogP contribution is -2.48. The molecule has 2 atom stereocenters. The molecule has 1 aliphatic carbocycles. The zero-order chi connectivity index (χ0) is 25.2. The lowest BCUT2D eigenvalue weighted by Gasteiger charge is -2.37. The van der Waals surface area contributed by atoms with Gasteiger partial charge in [0, 0.05) is 30.3 Å². The summed E-state index contributed by atoms with van der Waals surface area (Å²) >= 11 is 0. The molecule has 2 heterocycles. The van der Waals surface area contributed by atoms with Crippen LogP contribution in [-0.2, 0) is 9.53 Å². The Kier molecular flexibility index (Phi) is 6.69. The molecule has 0 saturated carbocycles. The minimum absolute atomic E-state index is 0.0341. The molecule has 37 heavy (non-hydrogen) atoms. The number of hydrogen-bond donors (Lipinski definition) is 0. The number of rotatable bonds is 8. The van der Waals surface area contributed by atoms with Gasteiger partial charge < -0.3 is 14.4 Å². The van der Waals surface area contributed by atoms with E-state index in [1.165, 1.54) is 22.3 Å². The van der Waals surface area contributed by atoms with Gasteiger partial charge in [0.05, 0.1) is 6.61 Å². The summed E-state index contributed by atoms with van der Waals surface area (Å²) in [5.74, 6) is 1.24. The first kappa shape index (κ1) is 23.8. The second-order valence-corrected chi connectivity index (χ2v) is 10.5. The van der Waals surface area contributed by atoms with E-state index in [0.29, 0.717) is 25.4 Å². The van der Waals surface area contributed by atoms with Gasteiger partial charge in [-0.3, -0.25) is 4.79 Å². The molecule has 3 aromatic carbocycles. The van der Waals surface area contributed by atoms with Crippen molar-refractivity contribution in [3.63, 3.8) is 0 Å². The summed E-state index contributed by atoms with van der Waals surface area (Å²) in [6, 6.07) is 26.7. The molecule has 2 bridgehead atoms. The van der Waals surface area contributed by atoms with Crippen molar-refractivity contribution in [3.05, 3.63) is 90.0 Å². The van der Waals surface area contributed by atoms with Gasteiger partial charge in [-0.1, -0.05) is 66.7 Å². The average molecular weight is 496 g/mol. The van der Waals surface area contributed by atoms with E-state index in [-0.39, 0.29) is 30.0 Å². The smallest absolute Gasteiger partial charge is 0.410 e. The van der Waals surface area contributed by atoms with Crippen LogP contribution in [0.25, 0.3) is 11.1 Å². The molecule has 5 nitrogen and oxygen atoms in total. The number of ether oxygens (including phenoxy) is 2. The molecule has 3 aromatic rings. The fraction of sp³-hybridized carbons (Fsp3) is 0.375. The molecule has 0 N–H and O–H groups in total. The maximum atomic E-state index is 13.3. The Hall–Kier alpha value is -3.60. The van der Waals surface area contributed by atoms with E-state index < -0.39 is 0 Å². The van der Waals surface area contributed by atoms with E-state index in [1.807, 2.05) is 35.2 Å². The molecule has 0 radical (unpaired) electrons. The van der Waals surface area contributed by atoms with Crippen LogP contribution in [0, 0.1) is 5.92 Å². The third kappa shape index (κ3) is 4.75. The van der Waals surface area contributed by atoms with Crippen LogP contribution in [0.5, 0.6) is 5.75 Å². The van der Waals surface area contributed by atoms with Crippen molar-refractivity contribution in [2.24, 2.45) is 5.92 Å². The number of ketones is 1. The summed E-state index contributed by atoms with van der Waals surface area (Å²) in [4.78, 5) is 28.2. The van der Waals surface area contributed by atoms with Crippen LogP contribution in [-0.4, -0.2) is 42.1 Å². The molecule has 1 amide bonds. The SMILES string of the molecule is O=C(CCCOc1ccccc1)C1CC2CCC(C1)N2C(=O)OCC1c2ccccc2-c2ccccc21. The Morgan fingerprint density at radius 3 is 2.03 bits per heavy atom. The molecular formula is C32H33NO4. The largest absolute Gasteiger partial charge is 0.494 e. The summed E-state index contributed by atoms with van der Waals surface area (Å²) < 4.78 is 11.7. The maximum absolute atomic E-state index is 13.3. The van der Waals surface area contributed by atoms with Gasteiger partial charge in [0.1, 0.15) is 18.1 Å². The summed E-state index contributed by atoms with van der Waals surface area (Å²) in [7, 11) is 0. The van der Waals surface area contributed by atoms with Crippen molar-refractivity contribution in [2.45, 2.75) is 56.5 Å². The molecule has 3 aliphatic rings. The van der Waals surface area contributed by atoms with E-state index in [9.17, 15) is 9.59 Å². The third-order valence-corrected chi connectivity index (χ3v) is 8.31. The number of Topliss-reactive ketones (excluding diaryl/α,β-unsaturated/α-hetero) is 1. The Morgan fingerprint density at radius 2 is 1.38 bits per heavy atom. The minimum Gasteiger partial charge on any atom is -0.494 e. The van der Waals surface area contributed by atoms with Gasteiger partial charge in [-0.2, -0.15) is 0 Å². The number of nitrogens with zero attached hydrogens (tertiary/aromatic N) is 1.